The highest BCUT2D eigenvalue weighted by Crippen LogP contribution is 2.34. The molecule has 0 radical (unpaired) electrons. The van der Waals surface area contributed by atoms with Crippen molar-refractivity contribution in [2.45, 2.75) is 31.8 Å². The van der Waals surface area contributed by atoms with Crippen molar-refractivity contribution in [3.8, 4) is 0 Å². The lowest BCUT2D eigenvalue weighted by molar-refractivity contribution is 0.182. The van der Waals surface area contributed by atoms with Gasteiger partial charge >= 0.3 is 0 Å². The third-order valence-electron chi connectivity index (χ3n) is 3.41. The molecular weight excluding hydrogens is 247 g/mol. The molecule has 1 nitrogen and oxygen atoms in total. The Morgan fingerprint density at radius 2 is 2.17 bits per heavy atom. The van der Waals surface area contributed by atoms with Gasteiger partial charge < -0.3 is 5.11 Å². The molecule has 1 heterocycles. The molecule has 2 aromatic rings. The molecule has 3 rings (SSSR count). The first-order valence-corrected chi connectivity index (χ1v) is 7.08. The second-order valence-corrected chi connectivity index (χ2v) is 5.97. The van der Waals surface area contributed by atoms with E-state index in [1.54, 1.807) is 17.4 Å². The number of thiophene rings is 1. The first-order valence-electron chi connectivity index (χ1n) is 6.26. The van der Waals surface area contributed by atoms with Crippen LogP contribution in [0.2, 0.25) is 0 Å². The maximum absolute atomic E-state index is 13.1. The smallest absolute Gasteiger partial charge is 0.123 e. The number of hydrogen-bond acceptors (Lipinski definition) is 2. The molecule has 1 aromatic carbocycles. The predicted molar refractivity (Wildman–Crippen MR) is 71.4 cm³/mol. The summed E-state index contributed by atoms with van der Waals surface area (Å²) in [5, 5.41) is 10.2. The summed E-state index contributed by atoms with van der Waals surface area (Å²) in [7, 11) is 0. The summed E-state index contributed by atoms with van der Waals surface area (Å²) in [6.45, 7) is 0. The normalized spacial score (nSPS) is 15.7. The lowest BCUT2D eigenvalue weighted by Gasteiger charge is -2.08. The van der Waals surface area contributed by atoms with Crippen LogP contribution >= 0.6 is 11.3 Å². The molecule has 18 heavy (non-hydrogen) atoms. The van der Waals surface area contributed by atoms with Gasteiger partial charge in [-0.15, -0.1) is 11.3 Å². The summed E-state index contributed by atoms with van der Waals surface area (Å²) in [4.78, 5) is 2.44. The van der Waals surface area contributed by atoms with Crippen molar-refractivity contribution in [1.29, 1.82) is 0 Å². The molecule has 0 saturated heterocycles. The minimum absolute atomic E-state index is 0.242. The molecule has 1 aliphatic carbocycles. The van der Waals surface area contributed by atoms with Gasteiger partial charge in [-0.2, -0.15) is 0 Å². The van der Waals surface area contributed by atoms with Gasteiger partial charge in [0.25, 0.3) is 0 Å². The van der Waals surface area contributed by atoms with E-state index in [2.05, 4.69) is 6.07 Å². The molecule has 0 aliphatic heterocycles. The molecular formula is C15H15FOS. The van der Waals surface area contributed by atoms with E-state index in [1.807, 2.05) is 6.07 Å². The SMILES string of the molecule is OC(Cc1cccc(F)c1)c1cc2c(s1)CCC2. The number of hydrogen-bond donors (Lipinski definition) is 1. The Morgan fingerprint density at radius 1 is 1.28 bits per heavy atom. The zero-order chi connectivity index (χ0) is 12.5. The van der Waals surface area contributed by atoms with E-state index in [0.717, 1.165) is 23.3 Å². The Balaban J connectivity index is 1.76. The summed E-state index contributed by atoms with van der Waals surface area (Å²) < 4.78 is 13.1. The second-order valence-electron chi connectivity index (χ2n) is 4.80. The van der Waals surface area contributed by atoms with Gasteiger partial charge in [-0.1, -0.05) is 12.1 Å². The summed E-state index contributed by atoms with van der Waals surface area (Å²) in [6, 6.07) is 8.58. The molecule has 0 fully saturated rings. The van der Waals surface area contributed by atoms with Gasteiger partial charge in [0.1, 0.15) is 5.82 Å². The van der Waals surface area contributed by atoms with Crippen molar-refractivity contribution in [2.24, 2.45) is 0 Å². The zero-order valence-electron chi connectivity index (χ0n) is 10.0. The molecule has 3 heteroatoms. The van der Waals surface area contributed by atoms with Crippen molar-refractivity contribution in [3.63, 3.8) is 0 Å². The van der Waals surface area contributed by atoms with Crippen molar-refractivity contribution >= 4 is 11.3 Å². The third kappa shape index (κ3) is 2.33. The molecule has 0 amide bonds. The maximum Gasteiger partial charge on any atom is 0.123 e. The molecule has 0 spiro atoms. The quantitative estimate of drug-likeness (QED) is 0.895. The van der Waals surface area contributed by atoms with Crippen LogP contribution in [0.5, 0.6) is 0 Å². The van der Waals surface area contributed by atoms with Crippen LogP contribution in [0.3, 0.4) is 0 Å². The lowest BCUT2D eigenvalue weighted by atomic mass is 10.1. The van der Waals surface area contributed by atoms with Crippen LogP contribution in [0, 0.1) is 5.82 Å². The van der Waals surface area contributed by atoms with E-state index in [0.29, 0.717) is 6.42 Å². The zero-order valence-corrected chi connectivity index (χ0v) is 10.8. The van der Waals surface area contributed by atoms with Crippen molar-refractivity contribution in [2.75, 3.05) is 0 Å². The first kappa shape index (κ1) is 11.9. The highest BCUT2D eigenvalue weighted by molar-refractivity contribution is 7.12. The topological polar surface area (TPSA) is 20.2 Å². The highest BCUT2D eigenvalue weighted by atomic mass is 32.1. The fourth-order valence-corrected chi connectivity index (χ4v) is 3.75. The monoisotopic (exact) mass is 262 g/mol. The molecule has 1 unspecified atom stereocenters. The van der Waals surface area contributed by atoms with Crippen molar-refractivity contribution in [3.05, 3.63) is 57.0 Å². The Labute approximate surface area is 110 Å². The molecule has 94 valence electrons. The molecule has 1 atom stereocenters. The van der Waals surface area contributed by atoms with E-state index in [4.69, 9.17) is 0 Å². The van der Waals surface area contributed by atoms with Gasteiger partial charge in [-0.25, -0.2) is 4.39 Å². The molecule has 0 saturated carbocycles. The molecule has 1 aromatic heterocycles. The number of aliphatic hydroxyl groups excluding tert-OH is 1. The van der Waals surface area contributed by atoms with Gasteiger partial charge in [-0.3, -0.25) is 0 Å². The van der Waals surface area contributed by atoms with Gasteiger partial charge in [0.05, 0.1) is 6.10 Å². The summed E-state index contributed by atoms with van der Waals surface area (Å²) in [6.07, 6.45) is 3.49. The molecule has 1 aliphatic rings. The van der Waals surface area contributed by atoms with Gasteiger partial charge in [0.15, 0.2) is 0 Å². The van der Waals surface area contributed by atoms with Crippen LogP contribution in [-0.4, -0.2) is 5.11 Å². The number of fused-ring (bicyclic) bond motifs is 1. The van der Waals surface area contributed by atoms with Crippen LogP contribution in [0.25, 0.3) is 0 Å². The first-order chi connectivity index (χ1) is 8.72. The number of aryl methyl sites for hydroxylation is 2. The maximum atomic E-state index is 13.1. The van der Waals surface area contributed by atoms with E-state index in [1.165, 1.54) is 29.0 Å². The number of benzene rings is 1. The van der Waals surface area contributed by atoms with Gasteiger partial charge in [0, 0.05) is 16.2 Å². The summed E-state index contributed by atoms with van der Waals surface area (Å²) in [5.74, 6) is -0.242. The van der Waals surface area contributed by atoms with E-state index < -0.39 is 6.10 Å². The fourth-order valence-electron chi connectivity index (χ4n) is 2.50. The largest absolute Gasteiger partial charge is 0.387 e. The Kier molecular flexibility index (Phi) is 3.18. The van der Waals surface area contributed by atoms with Gasteiger partial charge in [-0.05, 0) is 48.6 Å². The average molecular weight is 262 g/mol. The van der Waals surface area contributed by atoms with Crippen molar-refractivity contribution in [1.82, 2.24) is 0 Å². The number of halogens is 1. The van der Waals surface area contributed by atoms with Crippen molar-refractivity contribution < 1.29 is 9.50 Å². The number of aliphatic hydroxyl groups is 1. The van der Waals surface area contributed by atoms with Crippen LogP contribution in [0.15, 0.2) is 30.3 Å². The fraction of sp³-hybridized carbons (Fsp3) is 0.333. The minimum Gasteiger partial charge on any atom is -0.387 e. The summed E-state index contributed by atoms with van der Waals surface area (Å²) >= 11 is 1.71. The van der Waals surface area contributed by atoms with Crippen LogP contribution in [-0.2, 0) is 19.3 Å². The lowest BCUT2D eigenvalue weighted by Crippen LogP contribution is -2.00. The predicted octanol–water partition coefficient (Wildman–Crippen LogP) is 3.65. The molecule has 1 N–H and O–H groups in total. The standard InChI is InChI=1S/C15H15FOS/c16-12-5-1-3-10(7-12)8-13(17)15-9-11-4-2-6-14(11)18-15/h1,3,5,7,9,13,17H,2,4,6,8H2. The summed E-state index contributed by atoms with van der Waals surface area (Å²) in [5.41, 5.74) is 2.24. The highest BCUT2D eigenvalue weighted by Gasteiger charge is 2.19. The van der Waals surface area contributed by atoms with Crippen LogP contribution < -0.4 is 0 Å². The molecule has 0 bridgehead atoms. The van der Waals surface area contributed by atoms with E-state index in [9.17, 15) is 9.50 Å². The Morgan fingerprint density at radius 3 is 2.94 bits per heavy atom. The third-order valence-corrected chi connectivity index (χ3v) is 4.75. The Hall–Kier alpha value is -1.19. The van der Waals surface area contributed by atoms with Gasteiger partial charge in [0.2, 0.25) is 0 Å². The van der Waals surface area contributed by atoms with E-state index >= 15 is 0 Å². The Bertz CT molecular complexity index is 540. The minimum atomic E-state index is -0.512. The average Bonchev–Trinajstić information content (AvgIpc) is 2.88. The number of rotatable bonds is 3. The van der Waals surface area contributed by atoms with E-state index in [-0.39, 0.29) is 5.82 Å². The second kappa shape index (κ2) is 4.82. The van der Waals surface area contributed by atoms with Crippen LogP contribution in [0.4, 0.5) is 4.39 Å². The van der Waals surface area contributed by atoms with Crippen LogP contribution in [0.1, 0.15) is 33.4 Å².